The molecular formula is C16H20N2O3. The molecule has 0 saturated carbocycles. The summed E-state index contributed by atoms with van der Waals surface area (Å²) in [6.45, 7) is 4.57. The third-order valence-corrected chi connectivity index (χ3v) is 4.02. The van der Waals surface area contributed by atoms with Gasteiger partial charge < -0.3 is 14.0 Å². The van der Waals surface area contributed by atoms with Crippen molar-refractivity contribution in [3.63, 3.8) is 0 Å². The summed E-state index contributed by atoms with van der Waals surface area (Å²) in [6, 6.07) is 8.14. The minimum Gasteiger partial charge on any atom is -0.493 e. The van der Waals surface area contributed by atoms with Gasteiger partial charge in [0.2, 0.25) is 11.7 Å². The first kappa shape index (κ1) is 14.1. The molecular weight excluding hydrogens is 268 g/mol. The fourth-order valence-corrected chi connectivity index (χ4v) is 2.51. The lowest BCUT2D eigenvalue weighted by molar-refractivity contribution is 0.00973. The van der Waals surface area contributed by atoms with Crippen LogP contribution in [0.25, 0.3) is 0 Å². The predicted molar refractivity (Wildman–Crippen MR) is 77.3 cm³/mol. The molecule has 1 aromatic heterocycles. The minimum atomic E-state index is -0.532. The minimum absolute atomic E-state index is 0.355. The Morgan fingerprint density at radius 3 is 2.95 bits per heavy atom. The smallest absolute Gasteiger partial charge is 0.227 e. The quantitative estimate of drug-likeness (QED) is 0.865. The van der Waals surface area contributed by atoms with E-state index in [1.807, 2.05) is 32.0 Å². The zero-order valence-electron chi connectivity index (χ0n) is 12.6. The zero-order chi connectivity index (χ0) is 14.9. The van der Waals surface area contributed by atoms with Crippen molar-refractivity contribution >= 4 is 0 Å². The average molecular weight is 288 g/mol. The van der Waals surface area contributed by atoms with E-state index >= 15 is 0 Å². The maximum absolute atomic E-state index is 5.68. The molecule has 3 rings (SSSR count). The average Bonchev–Trinajstić information content (AvgIpc) is 2.97. The van der Waals surface area contributed by atoms with Crippen LogP contribution in [0.5, 0.6) is 5.75 Å². The standard InChI is InChI=1S/C16H20N2O3/c1-16(2,19-3)15-17-14(21-18-15)10-11-8-9-20-13-7-5-4-6-12(11)13/h4-7,11H,8-10H2,1-3H3/t11-/m1/s1. The van der Waals surface area contributed by atoms with Gasteiger partial charge in [0.1, 0.15) is 11.4 Å². The molecule has 2 aromatic rings. The van der Waals surface area contributed by atoms with Crippen LogP contribution in [-0.4, -0.2) is 23.9 Å². The highest BCUT2D eigenvalue weighted by atomic mass is 16.5. The van der Waals surface area contributed by atoms with Crippen molar-refractivity contribution in [3.05, 3.63) is 41.5 Å². The first-order chi connectivity index (χ1) is 10.1. The molecule has 2 heterocycles. The van der Waals surface area contributed by atoms with Crippen molar-refractivity contribution in [1.82, 2.24) is 10.1 Å². The van der Waals surface area contributed by atoms with Crippen LogP contribution in [-0.2, 0) is 16.8 Å². The first-order valence-corrected chi connectivity index (χ1v) is 7.20. The van der Waals surface area contributed by atoms with E-state index in [4.69, 9.17) is 14.0 Å². The lowest BCUT2D eigenvalue weighted by atomic mass is 9.90. The van der Waals surface area contributed by atoms with Crippen LogP contribution in [0, 0.1) is 0 Å². The van der Waals surface area contributed by atoms with Crippen LogP contribution in [0.1, 0.15) is 43.5 Å². The molecule has 112 valence electrons. The Labute approximate surface area is 124 Å². The predicted octanol–water partition coefficient (Wildman–Crippen LogP) is 3.06. The molecule has 5 nitrogen and oxygen atoms in total. The molecule has 1 aromatic carbocycles. The summed E-state index contributed by atoms with van der Waals surface area (Å²) in [5, 5.41) is 4.04. The third-order valence-electron chi connectivity index (χ3n) is 4.02. The molecule has 0 amide bonds. The van der Waals surface area contributed by atoms with Gasteiger partial charge in [-0.2, -0.15) is 4.98 Å². The van der Waals surface area contributed by atoms with Crippen LogP contribution >= 0.6 is 0 Å². The fraction of sp³-hybridized carbons (Fsp3) is 0.500. The van der Waals surface area contributed by atoms with Gasteiger partial charge in [-0.15, -0.1) is 0 Å². The van der Waals surface area contributed by atoms with Crippen molar-refractivity contribution in [1.29, 1.82) is 0 Å². The van der Waals surface area contributed by atoms with Crippen molar-refractivity contribution in [2.75, 3.05) is 13.7 Å². The van der Waals surface area contributed by atoms with Crippen molar-refractivity contribution in [2.24, 2.45) is 0 Å². The second-order valence-electron chi connectivity index (χ2n) is 5.80. The SMILES string of the molecule is COC(C)(C)c1noc(C[C@H]2CCOc3ccccc32)n1. The van der Waals surface area contributed by atoms with Gasteiger partial charge in [0.25, 0.3) is 0 Å². The lowest BCUT2D eigenvalue weighted by Gasteiger charge is -2.24. The van der Waals surface area contributed by atoms with Crippen LogP contribution < -0.4 is 4.74 Å². The summed E-state index contributed by atoms with van der Waals surface area (Å²) < 4.78 is 16.4. The Morgan fingerprint density at radius 1 is 1.33 bits per heavy atom. The van der Waals surface area contributed by atoms with Gasteiger partial charge in [-0.25, -0.2) is 0 Å². The highest BCUT2D eigenvalue weighted by Crippen LogP contribution is 2.35. The number of methoxy groups -OCH3 is 1. The fourth-order valence-electron chi connectivity index (χ4n) is 2.51. The number of hydrogen-bond donors (Lipinski definition) is 0. The Morgan fingerprint density at radius 2 is 2.14 bits per heavy atom. The van der Waals surface area contributed by atoms with Gasteiger partial charge in [0.15, 0.2) is 0 Å². The van der Waals surface area contributed by atoms with E-state index in [0.29, 0.717) is 17.6 Å². The van der Waals surface area contributed by atoms with Gasteiger partial charge in [0.05, 0.1) is 6.61 Å². The molecule has 0 aliphatic carbocycles. The number of nitrogens with zero attached hydrogens (tertiary/aromatic N) is 2. The number of fused-ring (bicyclic) bond motifs is 1. The molecule has 0 saturated heterocycles. The summed E-state index contributed by atoms with van der Waals surface area (Å²) >= 11 is 0. The molecule has 0 fully saturated rings. The maximum atomic E-state index is 5.68. The van der Waals surface area contributed by atoms with Gasteiger partial charge in [0, 0.05) is 13.5 Å². The first-order valence-electron chi connectivity index (χ1n) is 7.20. The Hall–Kier alpha value is -1.88. The normalized spacial score (nSPS) is 18.1. The van der Waals surface area contributed by atoms with E-state index in [0.717, 1.165) is 25.2 Å². The molecule has 0 unspecified atom stereocenters. The third kappa shape index (κ3) is 2.78. The number of hydrogen-bond acceptors (Lipinski definition) is 5. The Balaban J connectivity index is 1.79. The number of ether oxygens (including phenoxy) is 2. The van der Waals surface area contributed by atoms with Crippen molar-refractivity contribution in [3.8, 4) is 5.75 Å². The van der Waals surface area contributed by atoms with Gasteiger partial charge in [-0.3, -0.25) is 0 Å². The molecule has 0 spiro atoms. The van der Waals surface area contributed by atoms with Crippen LogP contribution in [0.4, 0.5) is 0 Å². The van der Waals surface area contributed by atoms with Crippen LogP contribution in [0.15, 0.2) is 28.8 Å². The molecule has 21 heavy (non-hydrogen) atoms. The van der Waals surface area contributed by atoms with Crippen molar-refractivity contribution < 1.29 is 14.0 Å². The summed E-state index contributed by atoms with van der Waals surface area (Å²) in [5.41, 5.74) is 0.685. The number of benzene rings is 1. The van der Waals surface area contributed by atoms with Crippen LogP contribution in [0.3, 0.4) is 0 Å². The van der Waals surface area contributed by atoms with Gasteiger partial charge >= 0.3 is 0 Å². The van der Waals surface area contributed by atoms with E-state index in [-0.39, 0.29) is 0 Å². The van der Waals surface area contributed by atoms with E-state index in [1.54, 1.807) is 7.11 Å². The number of rotatable bonds is 4. The number of aromatic nitrogens is 2. The molecule has 0 bridgehead atoms. The van der Waals surface area contributed by atoms with Crippen LogP contribution in [0.2, 0.25) is 0 Å². The molecule has 0 N–H and O–H groups in total. The van der Waals surface area contributed by atoms with Crippen molar-refractivity contribution in [2.45, 2.75) is 38.2 Å². The Bertz CT molecular complexity index is 621. The second-order valence-corrected chi connectivity index (χ2v) is 5.80. The van der Waals surface area contributed by atoms with E-state index in [9.17, 15) is 0 Å². The highest BCUT2D eigenvalue weighted by molar-refractivity contribution is 5.38. The summed E-state index contributed by atoms with van der Waals surface area (Å²) in [7, 11) is 1.64. The monoisotopic (exact) mass is 288 g/mol. The molecule has 1 aliphatic heterocycles. The van der Waals surface area contributed by atoms with E-state index in [1.165, 1.54) is 5.56 Å². The van der Waals surface area contributed by atoms with Gasteiger partial charge in [-0.1, -0.05) is 23.4 Å². The lowest BCUT2D eigenvalue weighted by Crippen LogP contribution is -2.21. The summed E-state index contributed by atoms with van der Waals surface area (Å²) in [4.78, 5) is 4.48. The second kappa shape index (κ2) is 5.48. The summed E-state index contributed by atoms with van der Waals surface area (Å²) in [5.74, 6) is 2.55. The molecule has 1 aliphatic rings. The summed E-state index contributed by atoms with van der Waals surface area (Å²) in [6.07, 6.45) is 1.69. The molecule has 5 heteroatoms. The largest absolute Gasteiger partial charge is 0.493 e. The zero-order valence-corrected chi connectivity index (χ0v) is 12.6. The Kier molecular flexibility index (Phi) is 3.68. The van der Waals surface area contributed by atoms with Gasteiger partial charge in [-0.05, 0) is 37.8 Å². The maximum Gasteiger partial charge on any atom is 0.227 e. The van der Waals surface area contributed by atoms with E-state index < -0.39 is 5.60 Å². The molecule has 0 radical (unpaired) electrons. The highest BCUT2D eigenvalue weighted by Gasteiger charge is 2.28. The number of para-hydroxylation sites is 1. The van der Waals surface area contributed by atoms with E-state index in [2.05, 4.69) is 16.2 Å². The molecule has 1 atom stereocenters. The topological polar surface area (TPSA) is 57.4 Å².